The number of halogens is 1. The Balaban J connectivity index is 1.44. The number of pyridine rings is 1. The number of para-hydroxylation sites is 1. The molecule has 4 rings (SSSR count). The average Bonchev–Trinajstić information content (AvgIpc) is 3.11. The number of rotatable bonds is 5. The Labute approximate surface area is 194 Å². The Morgan fingerprint density at radius 3 is 2.66 bits per heavy atom. The number of ether oxygens (including phenoxy) is 3. The van der Waals surface area contributed by atoms with Crippen LogP contribution in [0.3, 0.4) is 0 Å². The molecule has 0 bridgehead atoms. The molecule has 2 aliphatic heterocycles. The summed E-state index contributed by atoms with van der Waals surface area (Å²) >= 11 is 5.98. The second kappa shape index (κ2) is 8.81. The molecular weight excluding hydrogens is 428 g/mol. The van der Waals surface area contributed by atoms with Crippen molar-refractivity contribution >= 4 is 17.7 Å². The maximum absolute atomic E-state index is 12.6. The second-order valence-corrected chi connectivity index (χ2v) is 9.76. The SMILES string of the molecule is CCCC(C)(C)OC(=O)N1CCC(c2cccc3c2OC(C)(c2ccc(Cl)cn2)O3)CC1. The van der Waals surface area contributed by atoms with E-state index in [0.717, 1.165) is 37.0 Å². The zero-order chi connectivity index (χ0) is 22.9. The number of fused-ring (bicyclic) bond motifs is 1. The number of aromatic nitrogens is 1. The molecule has 1 fully saturated rings. The molecule has 1 unspecified atom stereocenters. The lowest BCUT2D eigenvalue weighted by molar-refractivity contribution is -0.0722. The highest BCUT2D eigenvalue weighted by Crippen LogP contribution is 2.49. The maximum atomic E-state index is 12.6. The molecule has 0 N–H and O–H groups in total. The zero-order valence-electron chi connectivity index (χ0n) is 19.2. The van der Waals surface area contributed by atoms with Gasteiger partial charge in [0.2, 0.25) is 0 Å². The zero-order valence-corrected chi connectivity index (χ0v) is 19.9. The van der Waals surface area contributed by atoms with Gasteiger partial charge in [0.1, 0.15) is 11.3 Å². The number of amides is 1. The summed E-state index contributed by atoms with van der Waals surface area (Å²) in [5.74, 6) is 0.752. The third-order valence-electron chi connectivity index (χ3n) is 6.21. The van der Waals surface area contributed by atoms with Crippen molar-refractivity contribution in [3.63, 3.8) is 0 Å². The van der Waals surface area contributed by atoms with Crippen LogP contribution in [-0.4, -0.2) is 34.7 Å². The van der Waals surface area contributed by atoms with Gasteiger partial charge < -0.3 is 19.1 Å². The standard InChI is InChI=1S/C25H31ClN2O4/c1-5-13-24(2,3)32-23(29)28-14-11-17(12-15-28)19-7-6-8-20-22(19)31-25(4,30-20)21-10-9-18(26)16-27-21/h6-10,16-17H,5,11-15H2,1-4H3. The van der Waals surface area contributed by atoms with E-state index in [-0.39, 0.29) is 12.0 Å². The fraction of sp³-hybridized carbons (Fsp3) is 0.520. The monoisotopic (exact) mass is 458 g/mol. The van der Waals surface area contributed by atoms with Gasteiger partial charge in [0.05, 0.1) is 5.02 Å². The number of nitrogens with zero attached hydrogens (tertiary/aromatic N) is 2. The second-order valence-electron chi connectivity index (χ2n) is 9.32. The van der Waals surface area contributed by atoms with E-state index in [1.807, 2.05) is 43.9 Å². The van der Waals surface area contributed by atoms with E-state index in [9.17, 15) is 4.79 Å². The van der Waals surface area contributed by atoms with Gasteiger partial charge in [-0.1, -0.05) is 37.1 Å². The lowest BCUT2D eigenvalue weighted by Gasteiger charge is -2.34. The van der Waals surface area contributed by atoms with Crippen molar-refractivity contribution in [2.75, 3.05) is 13.1 Å². The largest absolute Gasteiger partial charge is 0.443 e. The normalized spacial score (nSPS) is 21.0. The van der Waals surface area contributed by atoms with Gasteiger partial charge in [-0.15, -0.1) is 0 Å². The summed E-state index contributed by atoms with van der Waals surface area (Å²) in [6.07, 6.45) is 4.90. The van der Waals surface area contributed by atoms with Gasteiger partial charge in [0.15, 0.2) is 11.5 Å². The summed E-state index contributed by atoms with van der Waals surface area (Å²) < 4.78 is 18.3. The molecule has 1 amide bonds. The molecule has 1 aromatic carbocycles. The van der Waals surface area contributed by atoms with Crippen molar-refractivity contribution in [1.29, 1.82) is 0 Å². The Morgan fingerprint density at radius 1 is 1.25 bits per heavy atom. The smallest absolute Gasteiger partial charge is 0.410 e. The molecule has 7 heteroatoms. The first kappa shape index (κ1) is 22.7. The number of benzene rings is 1. The van der Waals surface area contributed by atoms with E-state index in [0.29, 0.717) is 29.6 Å². The average molecular weight is 459 g/mol. The lowest BCUT2D eigenvalue weighted by atomic mass is 9.89. The molecule has 3 heterocycles. The molecule has 1 atom stereocenters. The van der Waals surface area contributed by atoms with Crippen LogP contribution in [0.5, 0.6) is 11.5 Å². The van der Waals surface area contributed by atoms with Crippen LogP contribution in [0.1, 0.15) is 70.6 Å². The van der Waals surface area contributed by atoms with Crippen LogP contribution in [0.2, 0.25) is 5.02 Å². The lowest BCUT2D eigenvalue weighted by Crippen LogP contribution is -2.42. The van der Waals surface area contributed by atoms with Crippen LogP contribution in [0.15, 0.2) is 36.5 Å². The van der Waals surface area contributed by atoms with E-state index in [1.54, 1.807) is 12.3 Å². The molecule has 32 heavy (non-hydrogen) atoms. The minimum absolute atomic E-state index is 0.221. The molecule has 0 aliphatic carbocycles. The molecule has 172 valence electrons. The molecule has 2 aliphatic rings. The van der Waals surface area contributed by atoms with Crippen molar-refractivity contribution in [2.45, 2.75) is 70.7 Å². The van der Waals surface area contributed by atoms with Gasteiger partial charge >= 0.3 is 6.09 Å². The van der Waals surface area contributed by atoms with Crippen molar-refractivity contribution < 1.29 is 19.0 Å². The van der Waals surface area contributed by atoms with Gasteiger partial charge in [0, 0.05) is 31.8 Å². The quantitative estimate of drug-likeness (QED) is 0.528. The van der Waals surface area contributed by atoms with Gasteiger partial charge in [-0.3, -0.25) is 4.98 Å². The van der Waals surface area contributed by atoms with Crippen LogP contribution in [0.25, 0.3) is 0 Å². The predicted octanol–water partition coefficient (Wildman–Crippen LogP) is 6.27. The van der Waals surface area contributed by atoms with E-state index >= 15 is 0 Å². The Bertz CT molecular complexity index is 970. The topological polar surface area (TPSA) is 60.9 Å². The van der Waals surface area contributed by atoms with Gasteiger partial charge in [-0.2, -0.15) is 0 Å². The van der Waals surface area contributed by atoms with Crippen LogP contribution < -0.4 is 9.47 Å². The van der Waals surface area contributed by atoms with Crippen molar-refractivity contribution in [2.24, 2.45) is 0 Å². The van der Waals surface area contributed by atoms with E-state index in [1.165, 1.54) is 0 Å². The van der Waals surface area contributed by atoms with Crippen molar-refractivity contribution in [1.82, 2.24) is 9.88 Å². The predicted molar refractivity (Wildman–Crippen MR) is 123 cm³/mol. The Kier molecular flexibility index (Phi) is 6.26. The van der Waals surface area contributed by atoms with Gasteiger partial charge in [-0.05, 0) is 57.2 Å². The number of piperidine rings is 1. The van der Waals surface area contributed by atoms with Gasteiger partial charge in [0.25, 0.3) is 5.79 Å². The van der Waals surface area contributed by atoms with Crippen LogP contribution in [-0.2, 0) is 10.5 Å². The summed E-state index contributed by atoms with van der Waals surface area (Å²) in [5.41, 5.74) is 1.34. The fourth-order valence-corrected chi connectivity index (χ4v) is 4.66. The van der Waals surface area contributed by atoms with Crippen molar-refractivity contribution in [3.8, 4) is 11.5 Å². The summed E-state index contributed by atoms with van der Waals surface area (Å²) in [5, 5.41) is 0.567. The minimum atomic E-state index is -1.00. The molecular formula is C25H31ClN2O4. The molecule has 1 aromatic heterocycles. The first-order valence-corrected chi connectivity index (χ1v) is 11.7. The highest BCUT2D eigenvalue weighted by Gasteiger charge is 2.42. The van der Waals surface area contributed by atoms with Crippen LogP contribution >= 0.6 is 11.6 Å². The number of carbonyl (C=O) groups excluding carboxylic acids is 1. The summed E-state index contributed by atoms with van der Waals surface area (Å²) in [7, 11) is 0. The highest BCUT2D eigenvalue weighted by atomic mass is 35.5. The number of carbonyl (C=O) groups is 1. The first-order valence-electron chi connectivity index (χ1n) is 11.3. The van der Waals surface area contributed by atoms with Crippen LogP contribution in [0.4, 0.5) is 4.79 Å². The number of hydrogen-bond acceptors (Lipinski definition) is 5. The Hall–Kier alpha value is -2.47. The first-order chi connectivity index (χ1) is 15.2. The number of hydrogen-bond donors (Lipinski definition) is 0. The fourth-order valence-electron chi connectivity index (χ4n) is 4.55. The molecule has 2 aromatic rings. The van der Waals surface area contributed by atoms with Crippen molar-refractivity contribution in [3.05, 3.63) is 52.8 Å². The highest BCUT2D eigenvalue weighted by molar-refractivity contribution is 6.30. The molecule has 6 nitrogen and oxygen atoms in total. The molecule has 0 spiro atoms. The van der Waals surface area contributed by atoms with E-state index in [4.69, 9.17) is 25.8 Å². The van der Waals surface area contributed by atoms with Gasteiger partial charge in [-0.25, -0.2) is 4.79 Å². The molecule has 0 radical (unpaired) electrons. The Morgan fingerprint density at radius 2 is 2.00 bits per heavy atom. The van der Waals surface area contributed by atoms with E-state index < -0.39 is 11.4 Å². The molecule has 0 saturated carbocycles. The summed E-state index contributed by atoms with van der Waals surface area (Å²) in [6.45, 7) is 9.22. The minimum Gasteiger partial charge on any atom is -0.443 e. The molecule has 1 saturated heterocycles. The van der Waals surface area contributed by atoms with Crippen LogP contribution in [0, 0.1) is 0 Å². The summed E-state index contributed by atoms with van der Waals surface area (Å²) in [6, 6.07) is 9.60. The summed E-state index contributed by atoms with van der Waals surface area (Å²) in [4.78, 5) is 18.8. The van der Waals surface area contributed by atoms with E-state index in [2.05, 4.69) is 18.0 Å². The third-order valence-corrected chi connectivity index (χ3v) is 6.44. The third kappa shape index (κ3) is 4.65. The number of likely N-dealkylation sites (tertiary alicyclic amines) is 1. The maximum Gasteiger partial charge on any atom is 0.410 e.